The second-order valence-electron chi connectivity index (χ2n) is 15.9. The molecule has 0 radical (unpaired) electrons. The van der Waals surface area contributed by atoms with Crippen molar-refractivity contribution in [1.29, 1.82) is 0 Å². The Balaban J connectivity index is 1.63. The van der Waals surface area contributed by atoms with E-state index < -0.39 is 22.6 Å². The Morgan fingerprint density at radius 2 is 1.37 bits per heavy atom. The molecule has 0 spiro atoms. The fourth-order valence-corrected chi connectivity index (χ4v) is 12.0. The molecule has 5 fully saturated rings. The Kier molecular flexibility index (Phi) is 5.41. The molecule has 35 heavy (non-hydrogen) atoms. The van der Waals surface area contributed by atoms with Crippen molar-refractivity contribution in [3.63, 3.8) is 0 Å². The summed E-state index contributed by atoms with van der Waals surface area (Å²) in [5.41, 5.74) is -2.78. The molecule has 0 saturated heterocycles. The van der Waals surface area contributed by atoms with E-state index in [1.54, 1.807) is 0 Å². The van der Waals surface area contributed by atoms with E-state index in [4.69, 9.17) is 0 Å². The molecule has 11 atom stereocenters. The maximum absolute atomic E-state index is 12.8. The second kappa shape index (κ2) is 7.28. The van der Waals surface area contributed by atoms with Crippen molar-refractivity contribution in [2.24, 2.45) is 56.7 Å². The van der Waals surface area contributed by atoms with Gasteiger partial charge in [0.1, 0.15) is 0 Å². The molecule has 4 nitrogen and oxygen atoms in total. The Labute approximate surface area is 213 Å². The summed E-state index contributed by atoms with van der Waals surface area (Å²) < 4.78 is 0. The number of hydrogen-bond donors (Lipinski definition) is 3. The lowest BCUT2D eigenvalue weighted by Gasteiger charge is -2.75. The molecule has 5 rings (SSSR count). The summed E-state index contributed by atoms with van der Waals surface area (Å²) in [6.07, 6.45) is 9.81. The lowest BCUT2D eigenvalue weighted by Crippen LogP contribution is -2.74. The van der Waals surface area contributed by atoms with Crippen LogP contribution in [0.25, 0.3) is 0 Å². The third kappa shape index (κ3) is 2.91. The summed E-state index contributed by atoms with van der Waals surface area (Å²) in [7, 11) is 0. The average Bonchev–Trinajstić information content (AvgIpc) is 2.75. The number of carboxylic acid groups (broad SMARTS) is 1. The molecule has 200 valence electrons. The summed E-state index contributed by atoms with van der Waals surface area (Å²) in [5.74, 6) is 0.382. The van der Waals surface area contributed by atoms with E-state index >= 15 is 0 Å². The largest absolute Gasteiger partial charge is 0.479 e. The zero-order valence-corrected chi connectivity index (χ0v) is 23.7. The van der Waals surface area contributed by atoms with Gasteiger partial charge in [0, 0.05) is 5.41 Å². The molecular formula is C31H52O4. The molecule has 1 unspecified atom stereocenters. The second-order valence-corrected chi connectivity index (χ2v) is 15.9. The molecule has 4 heteroatoms. The van der Waals surface area contributed by atoms with Crippen LogP contribution in [0.3, 0.4) is 0 Å². The van der Waals surface area contributed by atoms with Gasteiger partial charge in [-0.2, -0.15) is 0 Å². The number of aliphatic hydroxyl groups is 2. The highest BCUT2D eigenvalue weighted by atomic mass is 16.4. The fraction of sp³-hybridized carbons (Fsp3) is 0.968. The normalized spacial score (nSPS) is 59.4. The summed E-state index contributed by atoms with van der Waals surface area (Å²) in [4.78, 5) is 12.8. The first-order valence-corrected chi connectivity index (χ1v) is 14.6. The minimum atomic E-state index is -1.67. The fourth-order valence-electron chi connectivity index (χ4n) is 12.0. The molecule has 5 aliphatic rings. The zero-order valence-electron chi connectivity index (χ0n) is 23.7. The van der Waals surface area contributed by atoms with Gasteiger partial charge in [-0.25, -0.2) is 4.79 Å². The maximum atomic E-state index is 12.8. The van der Waals surface area contributed by atoms with Gasteiger partial charge in [0.15, 0.2) is 5.60 Å². The van der Waals surface area contributed by atoms with E-state index in [0.29, 0.717) is 18.3 Å². The summed E-state index contributed by atoms with van der Waals surface area (Å²) in [5, 5.41) is 34.4. The Bertz CT molecular complexity index is 905. The Morgan fingerprint density at radius 1 is 0.714 bits per heavy atom. The van der Waals surface area contributed by atoms with Gasteiger partial charge in [-0.15, -0.1) is 0 Å². The predicted molar refractivity (Wildman–Crippen MR) is 139 cm³/mol. The van der Waals surface area contributed by atoms with Crippen molar-refractivity contribution in [3.05, 3.63) is 0 Å². The van der Waals surface area contributed by atoms with Gasteiger partial charge in [-0.3, -0.25) is 0 Å². The van der Waals surface area contributed by atoms with Gasteiger partial charge >= 0.3 is 5.97 Å². The Morgan fingerprint density at radius 3 is 2.00 bits per heavy atom. The van der Waals surface area contributed by atoms with Crippen LogP contribution in [-0.4, -0.2) is 32.5 Å². The predicted octanol–water partition coefficient (Wildman–Crippen LogP) is 6.67. The zero-order chi connectivity index (χ0) is 26.0. The van der Waals surface area contributed by atoms with Crippen LogP contribution in [0.4, 0.5) is 0 Å². The highest BCUT2D eigenvalue weighted by molar-refractivity contribution is 5.79. The van der Waals surface area contributed by atoms with Gasteiger partial charge in [0.05, 0.1) is 5.60 Å². The molecule has 0 aromatic carbocycles. The lowest BCUT2D eigenvalue weighted by molar-refractivity contribution is -0.300. The smallest absolute Gasteiger partial charge is 0.336 e. The van der Waals surface area contributed by atoms with E-state index in [9.17, 15) is 20.1 Å². The number of aliphatic carboxylic acids is 1. The molecule has 3 N–H and O–H groups in total. The third-order valence-electron chi connectivity index (χ3n) is 14.5. The molecular weight excluding hydrogens is 436 g/mol. The number of rotatable bonds is 1. The highest BCUT2D eigenvalue weighted by Crippen LogP contribution is 2.78. The number of carbonyl (C=O) groups is 1. The molecule has 0 amide bonds. The standard InChI is InChI=1S/C31H52O4/c1-19-11-13-26(4)16-17-27(5)20(23(26)30(19,8)34)9-10-22-28(27,6)14-12-21-25(2,3)15-18-31(35,24(32)33)29(21,22)7/h19-23,34-35H,9-18H2,1-8H3,(H,32,33)/t19-,20-,21+,22+,23+,26-,27-,28-,29+,30-,31?/m1/s1. The molecule has 0 aromatic rings. The SMILES string of the molecule is C[C@@H]1CC[C@]2(C)CC[C@]3(C)[C@H](CC[C@@H]4[C@]5(C)[C@@H](CC[C@]43C)C(C)(C)CCC5(O)C(=O)O)[C@@H]2[C@]1(C)O. The van der Waals surface area contributed by atoms with Gasteiger partial charge in [0.25, 0.3) is 0 Å². The van der Waals surface area contributed by atoms with Gasteiger partial charge in [-0.05, 0) is 122 Å². The number of carboxylic acids is 1. The molecule has 0 heterocycles. The van der Waals surface area contributed by atoms with Gasteiger partial charge < -0.3 is 15.3 Å². The van der Waals surface area contributed by atoms with Crippen molar-refractivity contribution in [2.75, 3.05) is 0 Å². The van der Waals surface area contributed by atoms with E-state index in [0.717, 1.165) is 51.4 Å². The van der Waals surface area contributed by atoms with Crippen molar-refractivity contribution in [3.8, 4) is 0 Å². The van der Waals surface area contributed by atoms with E-state index in [1.807, 2.05) is 0 Å². The van der Waals surface area contributed by atoms with Crippen LogP contribution in [0.5, 0.6) is 0 Å². The van der Waals surface area contributed by atoms with Crippen molar-refractivity contribution in [1.82, 2.24) is 0 Å². The topological polar surface area (TPSA) is 77.8 Å². The van der Waals surface area contributed by atoms with Crippen LogP contribution in [0.2, 0.25) is 0 Å². The molecule has 0 aromatic heterocycles. The van der Waals surface area contributed by atoms with Crippen LogP contribution < -0.4 is 0 Å². The van der Waals surface area contributed by atoms with Crippen LogP contribution in [0.15, 0.2) is 0 Å². The summed E-state index contributed by atoms with van der Waals surface area (Å²) in [6, 6.07) is 0. The first kappa shape index (κ1) is 26.0. The monoisotopic (exact) mass is 488 g/mol. The van der Waals surface area contributed by atoms with Crippen LogP contribution >= 0.6 is 0 Å². The highest BCUT2D eigenvalue weighted by Gasteiger charge is 2.75. The first-order valence-electron chi connectivity index (χ1n) is 14.6. The maximum Gasteiger partial charge on any atom is 0.336 e. The summed E-state index contributed by atoms with van der Waals surface area (Å²) in [6.45, 7) is 18.5. The minimum Gasteiger partial charge on any atom is -0.479 e. The molecule has 5 aliphatic carbocycles. The molecule has 0 aliphatic heterocycles. The molecule has 0 bridgehead atoms. The van der Waals surface area contributed by atoms with Crippen LogP contribution in [0, 0.1) is 56.7 Å². The van der Waals surface area contributed by atoms with Crippen molar-refractivity contribution >= 4 is 5.97 Å². The van der Waals surface area contributed by atoms with Gasteiger partial charge in [0.2, 0.25) is 0 Å². The first-order chi connectivity index (χ1) is 15.9. The van der Waals surface area contributed by atoms with Crippen molar-refractivity contribution < 1.29 is 20.1 Å². The lowest BCUT2D eigenvalue weighted by atomic mass is 9.29. The van der Waals surface area contributed by atoms with E-state index in [-0.39, 0.29) is 39.4 Å². The average molecular weight is 489 g/mol. The minimum absolute atomic E-state index is 0.0309. The number of fused-ring (bicyclic) bond motifs is 7. The summed E-state index contributed by atoms with van der Waals surface area (Å²) >= 11 is 0. The van der Waals surface area contributed by atoms with Crippen LogP contribution in [0.1, 0.15) is 120 Å². The van der Waals surface area contributed by atoms with Crippen LogP contribution in [-0.2, 0) is 4.79 Å². The number of hydrogen-bond acceptors (Lipinski definition) is 3. The Hall–Kier alpha value is -0.610. The molecule has 5 saturated carbocycles. The van der Waals surface area contributed by atoms with Crippen molar-refractivity contribution in [2.45, 2.75) is 131 Å². The van der Waals surface area contributed by atoms with Gasteiger partial charge in [-0.1, -0.05) is 48.5 Å². The van der Waals surface area contributed by atoms with E-state index in [2.05, 4.69) is 55.4 Å². The third-order valence-corrected chi connectivity index (χ3v) is 14.5. The quantitative estimate of drug-likeness (QED) is 0.385. The van der Waals surface area contributed by atoms with E-state index in [1.165, 1.54) is 6.42 Å².